The lowest BCUT2D eigenvalue weighted by atomic mass is 10.1. The van der Waals surface area contributed by atoms with Crippen LogP contribution in [0.15, 0.2) is 85.2 Å². The molecule has 1 aliphatic rings. The van der Waals surface area contributed by atoms with Gasteiger partial charge in [0.25, 0.3) is 0 Å². The molecule has 6 rings (SSSR count). The number of hydrogen-bond donors (Lipinski definition) is 7. The molecular formula is C49H80N8O9S2. The van der Waals surface area contributed by atoms with Gasteiger partial charge in [0.15, 0.2) is 11.2 Å². The maximum Gasteiger partial charge on any atom is 0.240 e. The van der Waals surface area contributed by atoms with E-state index in [0.717, 1.165) is 28.7 Å². The molecule has 0 fully saturated rings. The molecule has 7 N–H and O–H groups in total. The minimum Gasteiger partial charge on any atom is -0.507 e. The van der Waals surface area contributed by atoms with Crippen molar-refractivity contribution in [2.45, 2.75) is 140 Å². The van der Waals surface area contributed by atoms with E-state index in [9.17, 15) is 14.4 Å². The second-order valence-corrected chi connectivity index (χ2v) is 18.9. The number of hydroxylamine groups is 1. The highest BCUT2D eigenvalue weighted by molar-refractivity contribution is 7.10. The minimum absolute atomic E-state index is 0.0567. The van der Waals surface area contributed by atoms with Gasteiger partial charge >= 0.3 is 0 Å². The predicted molar refractivity (Wildman–Crippen MR) is 275 cm³/mol. The topological polar surface area (TPSA) is 250 Å². The van der Waals surface area contributed by atoms with Crippen molar-refractivity contribution in [3.05, 3.63) is 104 Å². The number of aromatic amines is 1. The van der Waals surface area contributed by atoms with Crippen molar-refractivity contribution >= 4 is 40.5 Å². The smallest absolute Gasteiger partial charge is 0.240 e. The Morgan fingerprint density at radius 2 is 1.32 bits per heavy atom. The predicted octanol–water partition coefficient (Wildman–Crippen LogP) is 11.2. The normalized spacial score (nSPS) is 11.1. The van der Waals surface area contributed by atoms with Crippen molar-refractivity contribution in [2.75, 3.05) is 14.1 Å². The van der Waals surface area contributed by atoms with Gasteiger partial charge < -0.3 is 39.6 Å². The molecular weight excluding hydrogens is 909 g/mol. The summed E-state index contributed by atoms with van der Waals surface area (Å²) in [4.78, 5) is 45.7. The Bertz CT molecular complexity index is 2120. The largest absolute Gasteiger partial charge is 0.507 e. The molecule has 0 bridgehead atoms. The Morgan fingerprint density at radius 3 is 1.53 bits per heavy atom. The number of furan rings is 1. The number of nitrogens with one attached hydrogen (secondary N) is 4. The van der Waals surface area contributed by atoms with Gasteiger partial charge in [-0.1, -0.05) is 111 Å². The third kappa shape index (κ3) is 28.9. The summed E-state index contributed by atoms with van der Waals surface area (Å²) in [5.74, 6) is 6.72. The summed E-state index contributed by atoms with van der Waals surface area (Å²) < 4.78 is 13.8. The second kappa shape index (κ2) is 35.2. The molecule has 2 amide bonds. The molecule has 5 aromatic rings. The summed E-state index contributed by atoms with van der Waals surface area (Å²) in [7, 11) is 3.28. The van der Waals surface area contributed by atoms with E-state index >= 15 is 0 Å². The fraction of sp³-hybridized carbons (Fsp3) is 0.531. The highest BCUT2D eigenvalue weighted by atomic mass is 32.1. The van der Waals surface area contributed by atoms with E-state index in [1.54, 1.807) is 42.3 Å². The zero-order valence-corrected chi connectivity index (χ0v) is 45.1. The van der Waals surface area contributed by atoms with Gasteiger partial charge in [0, 0.05) is 77.6 Å². The van der Waals surface area contributed by atoms with E-state index < -0.39 is 0 Å². The lowest BCUT2D eigenvalue weighted by Crippen LogP contribution is -2.22. The summed E-state index contributed by atoms with van der Waals surface area (Å²) in [6.45, 7) is 35.4. The number of aromatic nitrogens is 4. The van der Waals surface area contributed by atoms with Crippen LogP contribution in [0.25, 0.3) is 0 Å². The third-order valence-corrected chi connectivity index (χ3v) is 10.3. The fourth-order valence-corrected chi connectivity index (χ4v) is 5.81. The first-order valence-corrected chi connectivity index (χ1v) is 24.1. The van der Waals surface area contributed by atoms with Gasteiger partial charge in [-0.2, -0.15) is 14.5 Å². The monoisotopic (exact) mass is 989 g/mol. The first-order valence-electron chi connectivity index (χ1n) is 22.4. The lowest BCUT2D eigenvalue weighted by molar-refractivity contribution is -0.124. The van der Waals surface area contributed by atoms with Crippen molar-refractivity contribution < 1.29 is 38.6 Å². The molecule has 6 heterocycles. The quantitative estimate of drug-likeness (QED) is 0.0765. The van der Waals surface area contributed by atoms with Crippen LogP contribution < -0.4 is 21.5 Å². The van der Waals surface area contributed by atoms with Crippen LogP contribution in [0.5, 0.6) is 17.2 Å². The maximum atomic E-state index is 11.0. The molecule has 0 spiro atoms. The highest BCUT2D eigenvalue weighted by Crippen LogP contribution is 2.27. The summed E-state index contributed by atoms with van der Waals surface area (Å²) in [6.07, 6.45) is 5.77. The Labute approximate surface area is 412 Å². The molecule has 0 atom stereocenters. The van der Waals surface area contributed by atoms with Crippen LogP contribution in [0.1, 0.15) is 168 Å². The number of hydrogen-bond acceptors (Lipinski definition) is 16. The van der Waals surface area contributed by atoms with Crippen LogP contribution in [0, 0.1) is 17.8 Å². The number of aliphatic imine (C=N–C) groups is 1. The molecule has 0 aliphatic carbocycles. The minimum atomic E-state index is 0.0567. The van der Waals surface area contributed by atoms with Crippen molar-refractivity contribution in [3.63, 3.8) is 0 Å². The number of aromatic hydroxyl groups is 3. The number of carbonyl (C=O) groups is 2. The fourth-order valence-electron chi connectivity index (χ4n) is 4.33. The van der Waals surface area contributed by atoms with Crippen molar-refractivity contribution in [3.8, 4) is 17.2 Å². The van der Waals surface area contributed by atoms with Crippen LogP contribution in [-0.4, -0.2) is 66.6 Å². The molecule has 68 heavy (non-hydrogen) atoms. The summed E-state index contributed by atoms with van der Waals surface area (Å²) >= 11 is 2.90. The summed E-state index contributed by atoms with van der Waals surface area (Å²) in [5.41, 5.74) is 4.26. The zero-order valence-electron chi connectivity index (χ0n) is 43.4. The average molecular weight is 989 g/mol. The lowest BCUT2D eigenvalue weighted by Gasteiger charge is -2.00. The number of nitrogens with zero attached hydrogens (tertiary/aromatic N) is 4. The summed E-state index contributed by atoms with van der Waals surface area (Å²) in [6, 6.07) is 4.88. The van der Waals surface area contributed by atoms with Gasteiger partial charge in [-0.05, 0) is 36.0 Å². The van der Waals surface area contributed by atoms with E-state index in [4.69, 9.17) is 29.0 Å². The molecule has 0 aromatic carbocycles. The van der Waals surface area contributed by atoms with Crippen LogP contribution in [-0.2, 0) is 14.4 Å². The summed E-state index contributed by atoms with van der Waals surface area (Å²) in [5, 5.41) is 41.7. The highest BCUT2D eigenvalue weighted by Gasteiger charge is 2.12. The molecule has 0 saturated carbocycles. The average Bonchev–Trinajstić information content (AvgIpc) is 4.14. The molecule has 0 unspecified atom stereocenters. The Morgan fingerprint density at radius 1 is 0.735 bits per heavy atom. The van der Waals surface area contributed by atoms with Crippen molar-refractivity contribution in [1.82, 2.24) is 35.7 Å². The number of rotatable bonds is 8. The Kier molecular flexibility index (Phi) is 33.2. The number of amides is 2. The maximum absolute atomic E-state index is 11.0. The van der Waals surface area contributed by atoms with Gasteiger partial charge in [-0.3, -0.25) is 19.5 Å². The molecule has 382 valence electrons. The third-order valence-electron chi connectivity index (χ3n) is 8.46. The zero-order chi connectivity index (χ0) is 52.7. The van der Waals surface area contributed by atoms with Crippen LogP contribution in [0.3, 0.4) is 0 Å². The molecule has 17 nitrogen and oxygen atoms in total. The molecule has 0 saturated heterocycles. The van der Waals surface area contributed by atoms with Gasteiger partial charge in [-0.25, -0.2) is 10.5 Å². The standard InChI is InChI=1S/C8H10O2.C7H10O2.C7H10OS.C6H10N2O.C6H9NOS.C5H9N3.2C5H11NO/c1-6(2)7-5-10-4-3-8(7)9;2*1-5(2)7-3-6(8)4-9-7;1-4(2)6-7-5(3)9-8-6;1-4(2)6-5(8)3-9-7-6;1-4(2)5-6-3-7-8-5;2*1-4(2)5(7)6-3/h3-6H,1-2H3;2*3-5,8H,1-2H3;4H,3H2,1-2H3,(H,7,8);3-4,8H,1-2H3;3-4H,1-2H3,(H,6,7,8);2*4H,1-3H3,(H,6,7). The number of carbonyl (C=O) groups excluding carboxylic acids is 2. The molecule has 19 heteroatoms. The van der Waals surface area contributed by atoms with Crippen LogP contribution in [0.4, 0.5) is 0 Å². The Balaban J connectivity index is 0. The van der Waals surface area contributed by atoms with Crippen molar-refractivity contribution in [2.24, 2.45) is 22.7 Å². The van der Waals surface area contributed by atoms with E-state index in [1.807, 2.05) is 89.2 Å². The van der Waals surface area contributed by atoms with Gasteiger partial charge in [-0.15, -0.1) is 11.3 Å². The first kappa shape index (κ1) is 64.1. The van der Waals surface area contributed by atoms with Gasteiger partial charge in [0.2, 0.25) is 17.7 Å². The van der Waals surface area contributed by atoms with Crippen molar-refractivity contribution in [1.29, 1.82) is 0 Å². The molecule has 5 aromatic heterocycles. The second-order valence-electron chi connectivity index (χ2n) is 17.3. The number of thiophene rings is 1. The van der Waals surface area contributed by atoms with E-state index in [-0.39, 0.29) is 40.7 Å². The van der Waals surface area contributed by atoms with Crippen LogP contribution >= 0.6 is 22.9 Å². The van der Waals surface area contributed by atoms with E-state index in [1.165, 1.54) is 47.6 Å². The van der Waals surface area contributed by atoms with E-state index in [2.05, 4.69) is 74.9 Å². The number of H-pyrrole nitrogens is 1. The molecule has 0 radical (unpaired) electrons. The number of amidine groups is 1. The van der Waals surface area contributed by atoms with Crippen LogP contribution in [0.2, 0.25) is 0 Å². The molecule has 1 aliphatic heterocycles. The SMILES string of the molecule is C=C1N=C(C(C)C)NO1.CC(C)c1cc(O)co1.CC(C)c1cc(O)cs1.CC(C)c1coccc1=O.CC(C)c1ncn[nH]1.CC(C)c1nscc1O.CNC(=O)C(C)C.CNC(=O)C(C)C. The van der Waals surface area contributed by atoms with Gasteiger partial charge in [0.05, 0.1) is 23.6 Å². The Hall–Kier alpha value is -5.95. The van der Waals surface area contributed by atoms with Gasteiger partial charge in [0.1, 0.15) is 41.5 Å². The first-order chi connectivity index (χ1) is 31.7. The van der Waals surface area contributed by atoms with E-state index in [0.29, 0.717) is 47.0 Å².